The lowest BCUT2D eigenvalue weighted by atomic mass is 9.94. The molecule has 0 aromatic heterocycles. The second-order valence-electron chi connectivity index (χ2n) is 6.64. The SMILES string of the molecule is CC(C)(F)CN1Cc2c(c(S(=O)O)cc3c2C(Br)CC3)C=C1Cl. The van der Waals surface area contributed by atoms with Crippen LogP contribution in [0.1, 0.15) is 47.3 Å². The predicted molar refractivity (Wildman–Crippen MR) is 94.9 cm³/mol. The molecule has 7 heteroatoms. The van der Waals surface area contributed by atoms with Crippen molar-refractivity contribution in [3.05, 3.63) is 33.5 Å². The summed E-state index contributed by atoms with van der Waals surface area (Å²) in [6.45, 7) is 3.66. The number of rotatable bonds is 3. The normalized spacial score (nSPS) is 21.7. The van der Waals surface area contributed by atoms with Crippen LogP contribution in [0.15, 0.2) is 16.1 Å². The van der Waals surface area contributed by atoms with E-state index in [9.17, 15) is 13.2 Å². The van der Waals surface area contributed by atoms with Crippen LogP contribution in [0, 0.1) is 0 Å². The number of aryl methyl sites for hydroxylation is 1. The lowest BCUT2D eigenvalue weighted by molar-refractivity contribution is 0.148. The van der Waals surface area contributed by atoms with E-state index in [1.54, 1.807) is 17.0 Å². The number of alkyl halides is 2. The molecule has 0 saturated carbocycles. The van der Waals surface area contributed by atoms with Gasteiger partial charge < -0.3 is 9.45 Å². The van der Waals surface area contributed by atoms with Crippen LogP contribution < -0.4 is 0 Å². The fourth-order valence-corrected chi connectivity index (χ4v) is 5.00. The summed E-state index contributed by atoms with van der Waals surface area (Å²) in [6.07, 6.45) is 3.51. The summed E-state index contributed by atoms with van der Waals surface area (Å²) >= 11 is 7.92. The summed E-state index contributed by atoms with van der Waals surface area (Å²) in [7, 11) is 0. The highest BCUT2D eigenvalue weighted by Gasteiger charge is 2.33. The van der Waals surface area contributed by atoms with Gasteiger partial charge in [0.1, 0.15) is 10.8 Å². The first-order valence-electron chi connectivity index (χ1n) is 7.42. The number of fused-ring (bicyclic) bond motifs is 3. The molecule has 1 aliphatic heterocycles. The van der Waals surface area contributed by atoms with Gasteiger partial charge in [-0.2, -0.15) is 0 Å². The van der Waals surface area contributed by atoms with Gasteiger partial charge in [-0.1, -0.05) is 27.5 Å². The lowest BCUT2D eigenvalue weighted by Crippen LogP contribution is -2.35. The van der Waals surface area contributed by atoms with Crippen LogP contribution in [-0.2, 0) is 24.0 Å². The summed E-state index contributed by atoms with van der Waals surface area (Å²) in [5.74, 6) is 0. The Morgan fingerprint density at radius 1 is 1.57 bits per heavy atom. The molecule has 0 radical (unpaired) electrons. The van der Waals surface area contributed by atoms with Crippen LogP contribution in [0.5, 0.6) is 0 Å². The highest BCUT2D eigenvalue weighted by Crippen LogP contribution is 2.45. The highest BCUT2D eigenvalue weighted by atomic mass is 79.9. The average Bonchev–Trinajstić information content (AvgIpc) is 2.79. The molecule has 1 N–H and O–H groups in total. The van der Waals surface area contributed by atoms with Crippen molar-refractivity contribution in [2.24, 2.45) is 0 Å². The minimum atomic E-state index is -2.08. The van der Waals surface area contributed by atoms with E-state index in [0.29, 0.717) is 22.2 Å². The molecule has 0 spiro atoms. The van der Waals surface area contributed by atoms with Crippen molar-refractivity contribution in [1.29, 1.82) is 0 Å². The van der Waals surface area contributed by atoms with Crippen molar-refractivity contribution in [3.8, 4) is 0 Å². The van der Waals surface area contributed by atoms with Gasteiger partial charge in [-0.15, -0.1) is 0 Å². The molecule has 23 heavy (non-hydrogen) atoms. The zero-order chi connectivity index (χ0) is 16.9. The number of benzene rings is 1. The molecule has 3 nitrogen and oxygen atoms in total. The van der Waals surface area contributed by atoms with Crippen LogP contribution in [-0.4, -0.2) is 25.9 Å². The molecule has 0 saturated heterocycles. The number of hydrogen-bond donors (Lipinski definition) is 1. The Morgan fingerprint density at radius 2 is 2.26 bits per heavy atom. The van der Waals surface area contributed by atoms with E-state index in [1.807, 2.05) is 0 Å². The Hall–Kier alpha value is -0.430. The van der Waals surface area contributed by atoms with E-state index in [-0.39, 0.29) is 11.4 Å². The molecule has 2 atom stereocenters. The molecular formula is C16H18BrClFNO2S. The van der Waals surface area contributed by atoms with Crippen molar-refractivity contribution < 1.29 is 13.2 Å². The third-order valence-electron chi connectivity index (χ3n) is 4.22. The quantitative estimate of drug-likeness (QED) is 0.434. The largest absolute Gasteiger partial charge is 0.355 e. The second kappa shape index (κ2) is 6.14. The van der Waals surface area contributed by atoms with Gasteiger partial charge in [0.05, 0.1) is 11.4 Å². The minimum Gasteiger partial charge on any atom is -0.355 e. The van der Waals surface area contributed by atoms with Crippen LogP contribution in [0.2, 0.25) is 0 Å². The van der Waals surface area contributed by atoms with Crippen molar-refractivity contribution in [3.63, 3.8) is 0 Å². The molecule has 1 heterocycles. The van der Waals surface area contributed by atoms with Gasteiger partial charge in [-0.3, -0.25) is 0 Å². The molecule has 3 rings (SSSR count). The Labute approximate surface area is 151 Å². The van der Waals surface area contributed by atoms with Gasteiger partial charge in [-0.05, 0) is 55.5 Å². The van der Waals surface area contributed by atoms with E-state index in [1.165, 1.54) is 13.8 Å². The smallest absolute Gasteiger partial charge is 0.187 e. The monoisotopic (exact) mass is 421 g/mol. The highest BCUT2D eigenvalue weighted by molar-refractivity contribution is 9.09. The van der Waals surface area contributed by atoms with Gasteiger partial charge in [0, 0.05) is 16.9 Å². The maximum atomic E-state index is 14.1. The van der Waals surface area contributed by atoms with E-state index in [4.69, 9.17) is 11.6 Å². The lowest BCUT2D eigenvalue weighted by Gasteiger charge is -2.34. The third-order valence-corrected chi connectivity index (χ3v) is 6.19. The van der Waals surface area contributed by atoms with Gasteiger partial charge >= 0.3 is 0 Å². The molecular weight excluding hydrogens is 405 g/mol. The fraction of sp³-hybridized carbons (Fsp3) is 0.500. The number of hydrogen-bond acceptors (Lipinski definition) is 2. The van der Waals surface area contributed by atoms with E-state index < -0.39 is 16.7 Å². The zero-order valence-electron chi connectivity index (χ0n) is 12.9. The standard InChI is InChI=1S/C16H18BrClFNO2S/c1-16(2,19)8-20-7-11-10(6-14(20)18)13(23(21)22)5-9-3-4-12(17)15(9)11/h5-6,12H,3-4,7-8H2,1-2H3,(H,21,22). The molecule has 0 amide bonds. The summed E-state index contributed by atoms with van der Waals surface area (Å²) in [6, 6.07) is 1.81. The summed E-state index contributed by atoms with van der Waals surface area (Å²) in [5.41, 5.74) is 2.56. The maximum Gasteiger partial charge on any atom is 0.187 e. The van der Waals surface area contributed by atoms with Crippen LogP contribution in [0.3, 0.4) is 0 Å². The molecule has 2 unspecified atom stereocenters. The summed E-state index contributed by atoms with van der Waals surface area (Å²) < 4.78 is 35.4. The molecule has 1 aromatic carbocycles. The number of halogens is 3. The predicted octanol–water partition coefficient (Wildman–Crippen LogP) is 4.75. The first-order chi connectivity index (χ1) is 10.7. The second-order valence-corrected chi connectivity index (χ2v) is 9.07. The summed E-state index contributed by atoms with van der Waals surface area (Å²) in [4.78, 5) is 2.39. The molecule has 0 bridgehead atoms. The average molecular weight is 423 g/mol. The van der Waals surface area contributed by atoms with Crippen molar-refractivity contribution in [2.75, 3.05) is 6.54 Å². The molecule has 126 valence electrons. The summed E-state index contributed by atoms with van der Waals surface area (Å²) in [5, 5.41) is 0.402. The minimum absolute atomic E-state index is 0.177. The Balaban J connectivity index is 2.14. The van der Waals surface area contributed by atoms with Crippen LogP contribution in [0.25, 0.3) is 6.08 Å². The Kier molecular flexibility index (Phi) is 4.64. The van der Waals surface area contributed by atoms with E-state index in [0.717, 1.165) is 29.5 Å². The van der Waals surface area contributed by atoms with Crippen molar-refractivity contribution in [1.82, 2.24) is 4.90 Å². The first-order valence-corrected chi connectivity index (χ1v) is 9.82. The van der Waals surface area contributed by atoms with E-state index >= 15 is 0 Å². The fourth-order valence-electron chi connectivity index (χ4n) is 3.36. The topological polar surface area (TPSA) is 40.5 Å². The molecule has 1 aromatic rings. The van der Waals surface area contributed by atoms with Crippen molar-refractivity contribution in [2.45, 2.75) is 48.6 Å². The Bertz CT molecular complexity index is 717. The van der Waals surface area contributed by atoms with Crippen molar-refractivity contribution >= 4 is 44.7 Å². The van der Waals surface area contributed by atoms with Gasteiger partial charge in [0.25, 0.3) is 0 Å². The molecule has 2 aliphatic rings. The van der Waals surface area contributed by atoms with E-state index in [2.05, 4.69) is 15.9 Å². The Morgan fingerprint density at radius 3 is 2.87 bits per heavy atom. The van der Waals surface area contributed by atoms with Crippen LogP contribution in [0.4, 0.5) is 4.39 Å². The number of nitrogens with zero attached hydrogens (tertiary/aromatic N) is 1. The maximum absolute atomic E-state index is 14.1. The molecule has 0 fully saturated rings. The first kappa shape index (κ1) is 17.4. The zero-order valence-corrected chi connectivity index (χ0v) is 16.1. The molecule has 1 aliphatic carbocycles. The van der Waals surface area contributed by atoms with Crippen LogP contribution >= 0.6 is 27.5 Å². The van der Waals surface area contributed by atoms with Gasteiger partial charge in [-0.25, -0.2) is 8.60 Å². The third kappa shape index (κ3) is 3.36. The van der Waals surface area contributed by atoms with Gasteiger partial charge in [0.2, 0.25) is 0 Å². The van der Waals surface area contributed by atoms with Gasteiger partial charge in [0.15, 0.2) is 11.1 Å².